The first-order chi connectivity index (χ1) is 14.4. The first-order valence-electron chi connectivity index (χ1n) is 10.8. The minimum absolute atomic E-state index is 0.00584. The van der Waals surface area contributed by atoms with Gasteiger partial charge in [0.05, 0.1) is 24.5 Å². The summed E-state index contributed by atoms with van der Waals surface area (Å²) in [5, 5.41) is 0. The van der Waals surface area contributed by atoms with E-state index < -0.39 is 17.4 Å². The van der Waals surface area contributed by atoms with Crippen LogP contribution >= 0.6 is 0 Å². The van der Waals surface area contributed by atoms with Gasteiger partial charge in [-0.1, -0.05) is 30.4 Å². The zero-order chi connectivity index (χ0) is 21.0. The number of ether oxygens (including phenoxy) is 1. The summed E-state index contributed by atoms with van der Waals surface area (Å²) >= 11 is 0. The summed E-state index contributed by atoms with van der Waals surface area (Å²) in [6.07, 6.45) is 4.69. The zero-order valence-corrected chi connectivity index (χ0v) is 17.9. The van der Waals surface area contributed by atoms with E-state index in [1.165, 1.54) is 11.1 Å². The molecule has 30 heavy (non-hydrogen) atoms. The minimum Gasteiger partial charge on any atom is -0.360 e. The van der Waals surface area contributed by atoms with Crippen LogP contribution in [0.4, 0.5) is 0 Å². The predicted molar refractivity (Wildman–Crippen MR) is 112 cm³/mol. The van der Waals surface area contributed by atoms with Crippen LogP contribution in [0.2, 0.25) is 0 Å². The number of amides is 2. The number of benzene rings is 1. The average molecular weight is 411 g/mol. The summed E-state index contributed by atoms with van der Waals surface area (Å²) < 4.78 is 6.27. The number of fused-ring (bicyclic) bond motifs is 1. The van der Waals surface area contributed by atoms with Gasteiger partial charge < -0.3 is 14.5 Å². The van der Waals surface area contributed by atoms with Gasteiger partial charge >= 0.3 is 0 Å². The Morgan fingerprint density at radius 2 is 2.17 bits per heavy atom. The van der Waals surface area contributed by atoms with Gasteiger partial charge in [0.15, 0.2) is 0 Å². The Bertz CT molecular complexity index is 910. The molecule has 1 aromatic carbocycles. The van der Waals surface area contributed by atoms with Crippen LogP contribution in [-0.2, 0) is 20.9 Å². The molecule has 7 heteroatoms. The van der Waals surface area contributed by atoms with Crippen LogP contribution in [0.15, 0.2) is 30.4 Å². The lowest BCUT2D eigenvalue weighted by Crippen LogP contribution is -2.48. The van der Waals surface area contributed by atoms with Crippen molar-refractivity contribution < 1.29 is 14.3 Å². The lowest BCUT2D eigenvalue weighted by molar-refractivity contribution is -0.142. The number of nitrogens with zero attached hydrogens (tertiary/aromatic N) is 2. The Labute approximate surface area is 177 Å². The van der Waals surface area contributed by atoms with Crippen LogP contribution in [-0.4, -0.2) is 66.0 Å². The molecule has 5 rings (SSSR count). The lowest BCUT2D eigenvalue weighted by Gasteiger charge is -2.29. The third-order valence-corrected chi connectivity index (χ3v) is 7.20. The van der Waals surface area contributed by atoms with Gasteiger partial charge in [-0.25, -0.2) is 0 Å². The Hall–Kier alpha value is -2.22. The standard InChI is InChI=1S/C23H30N4O3/c1-14-4-5-16(10-15(14)2)11-27-13-23-8-6-18(30-23)19(20(23)22(27)29)21(28)26(3)12-17-7-9-24-25-17/h4-6,8,10,17-20,24-25H,7,9,11-13H2,1-3H3/t17?,18-,19?,20?,23-/m1/s1. The van der Waals surface area contributed by atoms with Gasteiger partial charge in [0.2, 0.25) is 11.8 Å². The molecule has 3 unspecified atom stereocenters. The second-order valence-electron chi connectivity index (χ2n) is 9.29. The van der Waals surface area contributed by atoms with E-state index in [9.17, 15) is 9.59 Å². The molecule has 3 saturated heterocycles. The highest BCUT2D eigenvalue weighted by Crippen LogP contribution is 2.52. The highest BCUT2D eigenvalue weighted by Gasteiger charge is 2.67. The molecule has 2 bridgehead atoms. The molecule has 2 N–H and O–H groups in total. The van der Waals surface area contributed by atoms with E-state index in [2.05, 4.69) is 42.9 Å². The van der Waals surface area contributed by atoms with Gasteiger partial charge in [-0.05, 0) is 37.0 Å². The molecule has 1 spiro atoms. The average Bonchev–Trinajstić information content (AvgIpc) is 3.47. The van der Waals surface area contributed by atoms with E-state index in [1.54, 1.807) is 4.90 Å². The van der Waals surface area contributed by atoms with Crippen LogP contribution in [0.5, 0.6) is 0 Å². The monoisotopic (exact) mass is 410 g/mol. The van der Waals surface area contributed by atoms with Crippen molar-refractivity contribution in [2.45, 2.75) is 44.6 Å². The third-order valence-electron chi connectivity index (χ3n) is 7.20. The molecule has 4 aliphatic heterocycles. The van der Waals surface area contributed by atoms with Gasteiger partial charge in [0, 0.05) is 32.7 Å². The summed E-state index contributed by atoms with van der Waals surface area (Å²) in [7, 11) is 1.83. The number of hydrogen-bond donors (Lipinski definition) is 2. The second kappa shape index (κ2) is 7.18. The van der Waals surface area contributed by atoms with Gasteiger partial charge in [-0.3, -0.25) is 20.4 Å². The number of nitrogens with one attached hydrogen (secondary N) is 2. The molecular weight excluding hydrogens is 380 g/mol. The molecule has 4 aliphatic rings. The molecule has 7 nitrogen and oxygen atoms in total. The molecule has 3 fully saturated rings. The van der Waals surface area contributed by atoms with Crippen molar-refractivity contribution in [1.82, 2.24) is 20.7 Å². The summed E-state index contributed by atoms with van der Waals surface area (Å²) in [5.41, 5.74) is 9.23. The van der Waals surface area contributed by atoms with E-state index in [0.717, 1.165) is 18.5 Å². The molecule has 0 aliphatic carbocycles. The first kappa shape index (κ1) is 19.7. The smallest absolute Gasteiger partial charge is 0.230 e. The molecule has 1 aromatic rings. The van der Waals surface area contributed by atoms with Crippen LogP contribution < -0.4 is 10.9 Å². The van der Waals surface area contributed by atoms with Crippen molar-refractivity contribution >= 4 is 11.8 Å². The Balaban J connectivity index is 1.34. The molecule has 2 amide bonds. The van der Waals surface area contributed by atoms with Crippen LogP contribution in [0, 0.1) is 25.7 Å². The largest absolute Gasteiger partial charge is 0.360 e. The SMILES string of the molecule is Cc1ccc(CN2C[C@@]34C=C[C@@H](O3)C(C(=O)N(C)CC3CCNN3)C4C2=O)cc1C. The predicted octanol–water partition coefficient (Wildman–Crippen LogP) is 0.910. The molecule has 4 heterocycles. The Kier molecular flexibility index (Phi) is 4.72. The van der Waals surface area contributed by atoms with E-state index in [0.29, 0.717) is 19.6 Å². The quantitative estimate of drug-likeness (QED) is 0.706. The summed E-state index contributed by atoms with van der Waals surface area (Å²) in [6.45, 7) is 6.77. The van der Waals surface area contributed by atoms with Crippen molar-refractivity contribution in [2.24, 2.45) is 11.8 Å². The summed E-state index contributed by atoms with van der Waals surface area (Å²) in [6, 6.07) is 6.55. The number of aryl methyl sites for hydroxylation is 2. The fraction of sp³-hybridized carbons (Fsp3) is 0.565. The minimum atomic E-state index is -0.657. The van der Waals surface area contributed by atoms with Gasteiger partial charge in [0.25, 0.3) is 0 Å². The number of likely N-dealkylation sites (tertiary alicyclic amines) is 1. The maximum atomic E-state index is 13.4. The number of carbonyl (C=O) groups excluding carboxylic acids is 2. The van der Waals surface area contributed by atoms with Crippen molar-refractivity contribution in [3.63, 3.8) is 0 Å². The summed E-state index contributed by atoms with van der Waals surface area (Å²) in [5.74, 6) is -0.825. The molecular formula is C23H30N4O3. The maximum absolute atomic E-state index is 13.4. The third kappa shape index (κ3) is 3.07. The maximum Gasteiger partial charge on any atom is 0.230 e. The normalized spacial score (nSPS) is 34.1. The lowest BCUT2D eigenvalue weighted by atomic mass is 9.76. The highest BCUT2D eigenvalue weighted by molar-refractivity contribution is 5.93. The number of rotatable bonds is 5. The number of hydrogen-bond acceptors (Lipinski definition) is 5. The summed E-state index contributed by atoms with van der Waals surface area (Å²) in [4.78, 5) is 30.4. The van der Waals surface area contributed by atoms with Crippen LogP contribution in [0.25, 0.3) is 0 Å². The van der Waals surface area contributed by atoms with Crippen LogP contribution in [0.1, 0.15) is 23.1 Å². The molecule has 0 radical (unpaired) electrons. The van der Waals surface area contributed by atoms with Crippen molar-refractivity contribution in [2.75, 3.05) is 26.7 Å². The molecule has 160 valence electrons. The topological polar surface area (TPSA) is 73.9 Å². The van der Waals surface area contributed by atoms with Crippen LogP contribution in [0.3, 0.4) is 0 Å². The fourth-order valence-electron chi connectivity index (χ4n) is 5.46. The zero-order valence-electron chi connectivity index (χ0n) is 17.9. The highest BCUT2D eigenvalue weighted by atomic mass is 16.5. The molecule has 5 atom stereocenters. The molecule has 0 saturated carbocycles. The Morgan fingerprint density at radius 3 is 2.90 bits per heavy atom. The number of likely N-dealkylation sites (N-methyl/N-ethyl adjacent to an activating group) is 1. The van der Waals surface area contributed by atoms with Gasteiger partial charge in [0.1, 0.15) is 5.60 Å². The van der Waals surface area contributed by atoms with Crippen molar-refractivity contribution in [3.8, 4) is 0 Å². The van der Waals surface area contributed by atoms with E-state index in [-0.39, 0.29) is 24.0 Å². The van der Waals surface area contributed by atoms with E-state index >= 15 is 0 Å². The fourth-order valence-corrected chi connectivity index (χ4v) is 5.46. The van der Waals surface area contributed by atoms with E-state index in [4.69, 9.17) is 4.74 Å². The first-order valence-corrected chi connectivity index (χ1v) is 10.8. The van der Waals surface area contributed by atoms with Crippen molar-refractivity contribution in [1.29, 1.82) is 0 Å². The van der Waals surface area contributed by atoms with Gasteiger partial charge in [-0.15, -0.1) is 0 Å². The second-order valence-corrected chi connectivity index (χ2v) is 9.29. The Morgan fingerprint density at radius 1 is 1.33 bits per heavy atom. The molecule has 0 aromatic heterocycles. The van der Waals surface area contributed by atoms with E-state index in [1.807, 2.05) is 24.1 Å². The number of hydrazine groups is 1. The number of carbonyl (C=O) groups is 2. The van der Waals surface area contributed by atoms with Gasteiger partial charge in [-0.2, -0.15) is 0 Å². The van der Waals surface area contributed by atoms with Crippen molar-refractivity contribution in [3.05, 3.63) is 47.0 Å².